The number of phenolic OH excluding ortho intramolecular Hbond substituents is 1. The van der Waals surface area contributed by atoms with Gasteiger partial charge < -0.3 is 9.84 Å². The van der Waals surface area contributed by atoms with Crippen molar-refractivity contribution in [3.8, 4) is 11.5 Å². The van der Waals surface area contributed by atoms with Gasteiger partial charge in [0.2, 0.25) is 11.8 Å². The minimum atomic E-state index is -2.17. The van der Waals surface area contributed by atoms with Crippen molar-refractivity contribution in [2.75, 3.05) is 16.9 Å². The molecule has 1 N–H and O–H groups in total. The third-order valence-corrected chi connectivity index (χ3v) is 11.5. The van der Waals surface area contributed by atoms with Crippen molar-refractivity contribution in [2.24, 2.45) is 17.8 Å². The lowest BCUT2D eigenvalue weighted by Gasteiger charge is -2.50. The van der Waals surface area contributed by atoms with E-state index >= 15 is 0 Å². The SMILES string of the molecule is COc1cccc(C2C3=CCC4C(=O)N(c5ccc(Br)cc5)C(=O)C4C3CC3(Cl)C(=O)N(c4ccc(F)cc4)C(=O)C23Cl)c1O. The number of rotatable bonds is 4. The fourth-order valence-corrected chi connectivity index (χ4v) is 8.72. The van der Waals surface area contributed by atoms with E-state index in [0.717, 1.165) is 26.4 Å². The van der Waals surface area contributed by atoms with E-state index in [4.69, 9.17) is 27.9 Å². The maximum absolute atomic E-state index is 14.4. The van der Waals surface area contributed by atoms with Gasteiger partial charge in [0.25, 0.3) is 11.8 Å². The number of anilines is 2. The molecular weight excluding hydrogens is 690 g/mol. The van der Waals surface area contributed by atoms with Crippen LogP contribution in [0.15, 0.2) is 82.9 Å². The zero-order valence-corrected chi connectivity index (χ0v) is 26.6. The van der Waals surface area contributed by atoms with Crippen molar-refractivity contribution in [2.45, 2.75) is 28.5 Å². The van der Waals surface area contributed by atoms with Crippen molar-refractivity contribution >= 4 is 74.1 Å². The van der Waals surface area contributed by atoms with Gasteiger partial charge in [0, 0.05) is 16.0 Å². The second kappa shape index (κ2) is 10.4. The summed E-state index contributed by atoms with van der Waals surface area (Å²) in [4.78, 5) is 54.3. The molecule has 6 unspecified atom stereocenters. The van der Waals surface area contributed by atoms with Gasteiger partial charge in [0.15, 0.2) is 21.2 Å². The highest BCUT2D eigenvalue weighted by Crippen LogP contribution is 2.66. The Bertz CT molecular complexity index is 1840. The van der Waals surface area contributed by atoms with E-state index in [2.05, 4.69) is 15.9 Å². The fourth-order valence-electron chi connectivity index (χ4n) is 7.53. The number of carbonyl (C=O) groups excluding carboxylic acids is 4. The molecule has 3 aromatic rings. The molecule has 8 nitrogen and oxygen atoms in total. The van der Waals surface area contributed by atoms with Crippen LogP contribution in [0.25, 0.3) is 0 Å². The predicted molar refractivity (Wildman–Crippen MR) is 168 cm³/mol. The molecule has 6 atom stereocenters. The zero-order chi connectivity index (χ0) is 32.0. The van der Waals surface area contributed by atoms with Crippen LogP contribution in [0, 0.1) is 23.6 Å². The van der Waals surface area contributed by atoms with E-state index in [1.54, 1.807) is 42.5 Å². The number of alkyl halides is 2. The Morgan fingerprint density at radius 1 is 0.889 bits per heavy atom. The number of ether oxygens (including phenoxy) is 1. The molecule has 2 heterocycles. The third kappa shape index (κ3) is 4.01. The number of fused-ring (bicyclic) bond motifs is 4. The highest BCUT2D eigenvalue weighted by atomic mass is 79.9. The van der Waals surface area contributed by atoms with Gasteiger partial charge in [-0.1, -0.05) is 39.7 Å². The standard InChI is InChI=1S/C33H24BrCl2FN2O6/c1-45-24-4-2-3-22(27(24)40)26-20-13-14-21-25(29(42)38(28(21)41)18-9-5-16(34)6-10-18)23(20)15-32(35)30(43)39(31(44)33(26,32)36)19-11-7-17(37)8-12-19/h2-13,21,23,25-26,40H,14-15H2,1H3. The quantitative estimate of drug-likeness (QED) is 0.200. The van der Waals surface area contributed by atoms with Crippen molar-refractivity contribution in [1.82, 2.24) is 0 Å². The first-order valence-electron chi connectivity index (χ1n) is 14.2. The number of para-hydroxylation sites is 1. The summed E-state index contributed by atoms with van der Waals surface area (Å²) in [6.07, 6.45) is 1.72. The van der Waals surface area contributed by atoms with Crippen LogP contribution in [0.2, 0.25) is 0 Å². The highest BCUT2D eigenvalue weighted by molar-refractivity contribution is 9.10. The lowest BCUT2D eigenvalue weighted by Crippen LogP contribution is -2.60. The minimum absolute atomic E-state index is 0.0674. The normalized spacial score (nSPS) is 30.6. The number of nitrogens with zero attached hydrogens (tertiary/aromatic N) is 2. The molecule has 3 fully saturated rings. The number of halogens is 4. The molecule has 0 spiro atoms. The summed E-state index contributed by atoms with van der Waals surface area (Å²) in [6.45, 7) is 0. The summed E-state index contributed by atoms with van der Waals surface area (Å²) in [5.74, 6) is -6.93. The van der Waals surface area contributed by atoms with Crippen molar-refractivity contribution < 1.29 is 33.4 Å². The smallest absolute Gasteiger partial charge is 0.258 e. The molecule has 4 aliphatic rings. The molecule has 4 amide bonds. The first-order valence-corrected chi connectivity index (χ1v) is 15.7. The summed E-state index contributed by atoms with van der Waals surface area (Å²) in [7, 11) is 1.37. The number of methoxy groups -OCH3 is 1. The van der Waals surface area contributed by atoms with Crippen LogP contribution in [-0.4, -0.2) is 45.6 Å². The lowest BCUT2D eigenvalue weighted by atomic mass is 9.56. The van der Waals surface area contributed by atoms with Gasteiger partial charge >= 0.3 is 0 Å². The monoisotopic (exact) mass is 712 g/mol. The Morgan fingerprint density at radius 3 is 2.20 bits per heavy atom. The third-order valence-electron chi connectivity index (χ3n) is 9.54. The number of aromatic hydroxyl groups is 1. The maximum Gasteiger partial charge on any atom is 0.258 e. The van der Waals surface area contributed by atoms with Crippen LogP contribution in [0.3, 0.4) is 0 Å². The molecule has 45 heavy (non-hydrogen) atoms. The van der Waals surface area contributed by atoms with Crippen LogP contribution in [0.1, 0.15) is 24.3 Å². The molecular formula is C33H24BrCl2FN2O6. The maximum atomic E-state index is 14.4. The number of carbonyl (C=O) groups is 4. The molecule has 2 aliphatic carbocycles. The van der Waals surface area contributed by atoms with Gasteiger partial charge in [-0.15, -0.1) is 23.2 Å². The Kier molecular flexibility index (Phi) is 6.92. The predicted octanol–water partition coefficient (Wildman–Crippen LogP) is 6.07. The van der Waals surface area contributed by atoms with E-state index in [-0.39, 0.29) is 41.5 Å². The van der Waals surface area contributed by atoms with E-state index in [1.165, 1.54) is 25.3 Å². The number of hydrogen-bond acceptors (Lipinski definition) is 6. The molecule has 230 valence electrons. The summed E-state index contributed by atoms with van der Waals surface area (Å²) in [5, 5.41) is 11.4. The summed E-state index contributed by atoms with van der Waals surface area (Å²) in [5.41, 5.74) is 1.17. The van der Waals surface area contributed by atoms with Gasteiger partial charge in [-0.3, -0.25) is 24.1 Å². The molecule has 0 aromatic heterocycles. The Hall–Kier alpha value is -3.73. The zero-order valence-electron chi connectivity index (χ0n) is 23.5. The summed E-state index contributed by atoms with van der Waals surface area (Å²) >= 11 is 18.1. The number of benzene rings is 3. The molecule has 0 radical (unpaired) electrons. The van der Waals surface area contributed by atoms with Gasteiger partial charge in [0.1, 0.15) is 5.82 Å². The number of allylic oxidation sites excluding steroid dienone is 2. The van der Waals surface area contributed by atoms with Crippen LogP contribution >= 0.6 is 39.1 Å². The molecule has 2 aliphatic heterocycles. The highest BCUT2D eigenvalue weighted by Gasteiger charge is 2.77. The van der Waals surface area contributed by atoms with Gasteiger partial charge in [-0.2, -0.15) is 0 Å². The molecule has 7 rings (SSSR count). The van der Waals surface area contributed by atoms with Crippen LogP contribution in [0.5, 0.6) is 11.5 Å². The van der Waals surface area contributed by atoms with E-state index in [9.17, 15) is 28.7 Å². The Morgan fingerprint density at radius 2 is 1.53 bits per heavy atom. The van der Waals surface area contributed by atoms with Gasteiger partial charge in [-0.05, 0) is 73.4 Å². The largest absolute Gasteiger partial charge is 0.504 e. The van der Waals surface area contributed by atoms with Crippen molar-refractivity contribution in [3.05, 3.63) is 94.2 Å². The lowest BCUT2D eigenvalue weighted by molar-refractivity contribution is -0.125. The molecule has 1 saturated carbocycles. The van der Waals surface area contributed by atoms with E-state index in [1.807, 2.05) is 0 Å². The van der Waals surface area contributed by atoms with Crippen LogP contribution in [-0.2, 0) is 19.2 Å². The topological polar surface area (TPSA) is 104 Å². The van der Waals surface area contributed by atoms with Gasteiger partial charge in [0.05, 0.1) is 30.3 Å². The van der Waals surface area contributed by atoms with Crippen LogP contribution in [0.4, 0.5) is 15.8 Å². The molecule has 3 aromatic carbocycles. The average Bonchev–Trinajstić information content (AvgIpc) is 3.36. The van der Waals surface area contributed by atoms with Crippen molar-refractivity contribution in [3.63, 3.8) is 0 Å². The van der Waals surface area contributed by atoms with E-state index in [0.29, 0.717) is 11.3 Å². The molecule has 0 bridgehead atoms. The first-order chi connectivity index (χ1) is 21.4. The summed E-state index contributed by atoms with van der Waals surface area (Å²) in [6, 6.07) is 16.3. The van der Waals surface area contributed by atoms with Crippen molar-refractivity contribution in [1.29, 1.82) is 0 Å². The molecule has 2 saturated heterocycles. The van der Waals surface area contributed by atoms with Crippen LogP contribution < -0.4 is 14.5 Å². The number of hydrogen-bond donors (Lipinski definition) is 1. The average molecular weight is 714 g/mol. The molecule has 12 heteroatoms. The summed E-state index contributed by atoms with van der Waals surface area (Å²) < 4.78 is 20.0. The number of phenols is 1. The minimum Gasteiger partial charge on any atom is -0.504 e. The Balaban J connectivity index is 1.41. The first kappa shape index (κ1) is 30.0. The Labute approximate surface area is 275 Å². The van der Waals surface area contributed by atoms with Gasteiger partial charge in [-0.25, -0.2) is 9.29 Å². The second-order valence-corrected chi connectivity index (χ2v) is 13.8. The fraction of sp³-hybridized carbons (Fsp3) is 0.273. The van der Waals surface area contributed by atoms with E-state index < -0.39 is 57.0 Å². The number of imide groups is 2. The second-order valence-electron chi connectivity index (χ2n) is 11.6. The number of amides is 4.